The van der Waals surface area contributed by atoms with Gasteiger partial charge < -0.3 is 9.80 Å². The van der Waals surface area contributed by atoms with Crippen molar-refractivity contribution in [2.24, 2.45) is 5.92 Å². The molecule has 0 spiro atoms. The van der Waals surface area contributed by atoms with Crippen LogP contribution < -0.4 is 9.80 Å². The van der Waals surface area contributed by atoms with Crippen molar-refractivity contribution in [3.05, 3.63) is 24.0 Å². The van der Waals surface area contributed by atoms with Gasteiger partial charge in [-0.25, -0.2) is 4.39 Å². The standard InChI is InChI=1S/C16H17FN2O/c1-2-12-9-16(20)19(11-12)13-5-6-15(14(17)10-13)18-7-3-4-8-18/h1,5-6,10,12H,3-4,7-9,11H2. The van der Waals surface area contributed by atoms with E-state index < -0.39 is 0 Å². The molecule has 3 rings (SSSR count). The second-order valence-corrected chi connectivity index (χ2v) is 5.40. The number of terminal acetylenes is 1. The monoisotopic (exact) mass is 272 g/mol. The highest BCUT2D eigenvalue weighted by Crippen LogP contribution is 2.30. The molecule has 0 aliphatic carbocycles. The summed E-state index contributed by atoms with van der Waals surface area (Å²) in [6, 6.07) is 5.03. The van der Waals surface area contributed by atoms with Crippen LogP contribution >= 0.6 is 0 Å². The summed E-state index contributed by atoms with van der Waals surface area (Å²) in [5.41, 5.74) is 1.24. The summed E-state index contributed by atoms with van der Waals surface area (Å²) in [4.78, 5) is 15.5. The van der Waals surface area contributed by atoms with Crippen LogP contribution in [0.15, 0.2) is 18.2 Å². The fraction of sp³-hybridized carbons (Fsp3) is 0.438. The smallest absolute Gasteiger partial charge is 0.228 e. The highest BCUT2D eigenvalue weighted by Gasteiger charge is 2.30. The summed E-state index contributed by atoms with van der Waals surface area (Å²) in [6.45, 7) is 2.29. The fourth-order valence-corrected chi connectivity index (χ4v) is 2.95. The van der Waals surface area contributed by atoms with Gasteiger partial charge in [-0.15, -0.1) is 12.3 Å². The Kier molecular flexibility index (Phi) is 3.35. The summed E-state index contributed by atoms with van der Waals surface area (Å²) in [5.74, 6) is 2.25. The second-order valence-electron chi connectivity index (χ2n) is 5.40. The molecule has 2 saturated heterocycles. The minimum atomic E-state index is -0.263. The maximum atomic E-state index is 14.2. The highest BCUT2D eigenvalue weighted by molar-refractivity contribution is 5.96. The van der Waals surface area contributed by atoms with Crippen molar-refractivity contribution in [1.82, 2.24) is 0 Å². The molecule has 2 aliphatic heterocycles. The lowest BCUT2D eigenvalue weighted by molar-refractivity contribution is -0.117. The fourth-order valence-electron chi connectivity index (χ4n) is 2.95. The van der Waals surface area contributed by atoms with Gasteiger partial charge in [0.05, 0.1) is 5.69 Å². The average Bonchev–Trinajstić information content (AvgIpc) is 3.07. The molecule has 20 heavy (non-hydrogen) atoms. The number of rotatable bonds is 2. The molecule has 2 aliphatic rings. The molecule has 0 aromatic heterocycles. The van der Waals surface area contributed by atoms with Crippen LogP contribution in [0.3, 0.4) is 0 Å². The molecule has 1 atom stereocenters. The van der Waals surface area contributed by atoms with Crippen molar-refractivity contribution in [1.29, 1.82) is 0 Å². The van der Waals surface area contributed by atoms with Crippen molar-refractivity contribution in [3.63, 3.8) is 0 Å². The lowest BCUT2D eigenvalue weighted by atomic mass is 10.1. The highest BCUT2D eigenvalue weighted by atomic mass is 19.1. The predicted octanol–water partition coefficient (Wildman–Crippen LogP) is 2.41. The van der Waals surface area contributed by atoms with E-state index in [0.717, 1.165) is 25.9 Å². The number of benzene rings is 1. The normalized spacial score (nSPS) is 22.4. The number of carbonyl (C=O) groups excluding carboxylic acids is 1. The van der Waals surface area contributed by atoms with Crippen LogP contribution in [0.1, 0.15) is 19.3 Å². The third-order valence-corrected chi connectivity index (χ3v) is 4.05. The Morgan fingerprint density at radius 3 is 2.65 bits per heavy atom. The largest absolute Gasteiger partial charge is 0.369 e. The number of hydrogen-bond donors (Lipinski definition) is 0. The number of anilines is 2. The van der Waals surface area contributed by atoms with Gasteiger partial charge in [0, 0.05) is 37.7 Å². The van der Waals surface area contributed by atoms with Gasteiger partial charge >= 0.3 is 0 Å². The van der Waals surface area contributed by atoms with E-state index >= 15 is 0 Å². The number of halogens is 1. The molecular formula is C16H17FN2O. The van der Waals surface area contributed by atoms with Gasteiger partial charge in [0.15, 0.2) is 0 Å². The maximum absolute atomic E-state index is 14.2. The second kappa shape index (κ2) is 5.16. The topological polar surface area (TPSA) is 23.6 Å². The number of carbonyl (C=O) groups is 1. The van der Waals surface area contributed by atoms with Crippen molar-refractivity contribution in [2.75, 3.05) is 29.4 Å². The molecule has 0 saturated carbocycles. The van der Waals surface area contributed by atoms with E-state index in [9.17, 15) is 9.18 Å². The molecule has 0 N–H and O–H groups in total. The molecule has 1 unspecified atom stereocenters. The van der Waals surface area contributed by atoms with Crippen LogP contribution in [0.25, 0.3) is 0 Å². The predicted molar refractivity (Wildman–Crippen MR) is 77.1 cm³/mol. The van der Waals surface area contributed by atoms with Crippen LogP contribution in [0.4, 0.5) is 15.8 Å². The molecule has 4 heteroatoms. The number of hydrogen-bond acceptors (Lipinski definition) is 2. The first kappa shape index (κ1) is 13.0. The summed E-state index contributed by atoms with van der Waals surface area (Å²) < 4.78 is 14.2. The zero-order valence-electron chi connectivity index (χ0n) is 11.3. The van der Waals surface area contributed by atoms with E-state index in [2.05, 4.69) is 10.8 Å². The first-order valence-corrected chi connectivity index (χ1v) is 7.00. The summed E-state index contributed by atoms with van der Waals surface area (Å²) >= 11 is 0. The Morgan fingerprint density at radius 2 is 2.05 bits per heavy atom. The van der Waals surface area contributed by atoms with Gasteiger partial charge in [0.2, 0.25) is 5.91 Å². The first-order chi connectivity index (χ1) is 9.69. The summed E-state index contributed by atoms with van der Waals surface area (Å²) in [5, 5.41) is 0. The van der Waals surface area contributed by atoms with Crippen molar-refractivity contribution in [3.8, 4) is 12.3 Å². The summed E-state index contributed by atoms with van der Waals surface area (Å²) in [7, 11) is 0. The Morgan fingerprint density at radius 1 is 1.30 bits per heavy atom. The van der Waals surface area contributed by atoms with Crippen LogP contribution in [-0.4, -0.2) is 25.5 Å². The minimum Gasteiger partial charge on any atom is -0.369 e. The molecule has 1 aromatic carbocycles. The molecule has 1 amide bonds. The molecule has 2 fully saturated rings. The zero-order chi connectivity index (χ0) is 14.1. The third kappa shape index (κ3) is 2.24. The van der Waals surface area contributed by atoms with Gasteiger partial charge in [0.1, 0.15) is 5.82 Å². The van der Waals surface area contributed by atoms with E-state index in [-0.39, 0.29) is 17.6 Å². The quantitative estimate of drug-likeness (QED) is 0.772. The Balaban J connectivity index is 1.84. The zero-order valence-corrected chi connectivity index (χ0v) is 11.3. The van der Waals surface area contributed by atoms with E-state index in [1.165, 1.54) is 6.07 Å². The maximum Gasteiger partial charge on any atom is 0.228 e. The molecule has 104 valence electrons. The lowest BCUT2D eigenvalue weighted by Crippen LogP contribution is -2.25. The Labute approximate surface area is 118 Å². The minimum absolute atomic E-state index is 0.0266. The van der Waals surface area contributed by atoms with Crippen molar-refractivity contribution < 1.29 is 9.18 Å². The lowest BCUT2D eigenvalue weighted by Gasteiger charge is -2.21. The molecule has 3 nitrogen and oxygen atoms in total. The van der Waals surface area contributed by atoms with Gasteiger partial charge in [0.25, 0.3) is 0 Å². The molecule has 2 heterocycles. The molecular weight excluding hydrogens is 255 g/mol. The van der Waals surface area contributed by atoms with E-state index in [1.54, 1.807) is 11.0 Å². The Hall–Kier alpha value is -2.02. The van der Waals surface area contributed by atoms with Crippen molar-refractivity contribution in [2.45, 2.75) is 19.3 Å². The molecule has 0 radical (unpaired) electrons. The van der Waals surface area contributed by atoms with Crippen LogP contribution in [0, 0.1) is 24.1 Å². The van der Waals surface area contributed by atoms with E-state index in [1.807, 2.05) is 6.07 Å². The van der Waals surface area contributed by atoms with Gasteiger partial charge in [-0.05, 0) is 31.0 Å². The SMILES string of the molecule is C#CC1CC(=O)N(c2ccc(N3CCCC3)c(F)c2)C1. The van der Waals surface area contributed by atoms with E-state index in [0.29, 0.717) is 24.3 Å². The first-order valence-electron chi connectivity index (χ1n) is 7.00. The van der Waals surface area contributed by atoms with Gasteiger partial charge in [-0.3, -0.25) is 4.79 Å². The number of nitrogens with zero attached hydrogens (tertiary/aromatic N) is 2. The van der Waals surface area contributed by atoms with Crippen LogP contribution in [-0.2, 0) is 4.79 Å². The third-order valence-electron chi connectivity index (χ3n) is 4.05. The molecule has 1 aromatic rings. The van der Waals surface area contributed by atoms with Crippen LogP contribution in [0.2, 0.25) is 0 Å². The van der Waals surface area contributed by atoms with Crippen LogP contribution in [0.5, 0.6) is 0 Å². The van der Waals surface area contributed by atoms with Gasteiger partial charge in [-0.2, -0.15) is 0 Å². The number of amides is 1. The van der Waals surface area contributed by atoms with Gasteiger partial charge in [-0.1, -0.05) is 0 Å². The van der Waals surface area contributed by atoms with Crippen molar-refractivity contribution >= 4 is 17.3 Å². The molecule has 0 bridgehead atoms. The average molecular weight is 272 g/mol. The van der Waals surface area contributed by atoms with E-state index in [4.69, 9.17) is 6.42 Å². The Bertz CT molecular complexity index is 572. The summed E-state index contributed by atoms with van der Waals surface area (Å²) in [6.07, 6.45) is 7.93.